The molecule has 1 aliphatic rings. The number of methoxy groups -OCH3 is 1. The number of amides is 1. The predicted molar refractivity (Wildman–Crippen MR) is 68.5 cm³/mol. The smallest absolute Gasteiger partial charge is 0.234 e. The second-order valence-electron chi connectivity index (χ2n) is 5.02. The van der Waals surface area contributed by atoms with Crippen LogP contribution >= 0.6 is 0 Å². The first-order chi connectivity index (χ1) is 8.04. The largest absolute Gasteiger partial charge is 0.383 e. The fourth-order valence-electron chi connectivity index (χ4n) is 2.67. The molecule has 0 heterocycles. The Morgan fingerprint density at radius 3 is 2.94 bits per heavy atom. The van der Waals surface area contributed by atoms with Crippen molar-refractivity contribution >= 4 is 5.91 Å². The Morgan fingerprint density at radius 2 is 2.41 bits per heavy atom. The number of rotatable bonds is 6. The minimum Gasteiger partial charge on any atom is -0.383 e. The minimum atomic E-state index is -0.256. The van der Waals surface area contributed by atoms with Crippen LogP contribution in [0.15, 0.2) is 11.6 Å². The van der Waals surface area contributed by atoms with Crippen molar-refractivity contribution in [3.63, 3.8) is 0 Å². The summed E-state index contributed by atoms with van der Waals surface area (Å²) in [5.41, 5.74) is 6.83. The van der Waals surface area contributed by atoms with Crippen LogP contribution in [0.1, 0.15) is 26.7 Å². The van der Waals surface area contributed by atoms with Crippen molar-refractivity contribution in [2.24, 2.45) is 17.6 Å². The topological polar surface area (TPSA) is 64.3 Å². The van der Waals surface area contributed by atoms with E-state index in [1.165, 1.54) is 5.57 Å². The molecule has 3 unspecified atom stereocenters. The number of ether oxygens (including phenoxy) is 1. The first kappa shape index (κ1) is 14.2. The van der Waals surface area contributed by atoms with Gasteiger partial charge in [0.2, 0.25) is 5.91 Å². The molecule has 0 aromatic rings. The molecule has 0 spiro atoms. The number of primary amides is 1. The van der Waals surface area contributed by atoms with E-state index in [9.17, 15) is 4.79 Å². The number of allylic oxidation sites excluding steroid dienone is 2. The number of carbonyl (C=O) groups is 1. The first-order valence-corrected chi connectivity index (χ1v) is 6.23. The van der Waals surface area contributed by atoms with E-state index in [1.54, 1.807) is 7.11 Å². The maximum atomic E-state index is 11.5. The lowest BCUT2D eigenvalue weighted by Gasteiger charge is -2.31. The Kier molecular flexibility index (Phi) is 5.65. The highest BCUT2D eigenvalue weighted by molar-refractivity contribution is 5.80. The molecule has 1 amide bonds. The number of hydrogen-bond donors (Lipinski definition) is 2. The van der Waals surface area contributed by atoms with Gasteiger partial charge in [-0.25, -0.2) is 0 Å². The second-order valence-corrected chi connectivity index (χ2v) is 5.02. The predicted octanol–water partition coefficient (Wildman–Crippen LogP) is 1.07. The monoisotopic (exact) mass is 240 g/mol. The molecule has 0 bridgehead atoms. The van der Waals surface area contributed by atoms with Gasteiger partial charge in [0.05, 0.1) is 12.6 Å². The van der Waals surface area contributed by atoms with Gasteiger partial charge in [-0.05, 0) is 31.6 Å². The highest BCUT2D eigenvalue weighted by Crippen LogP contribution is 2.30. The maximum Gasteiger partial charge on any atom is 0.234 e. The van der Waals surface area contributed by atoms with Gasteiger partial charge in [-0.15, -0.1) is 0 Å². The lowest BCUT2D eigenvalue weighted by molar-refractivity contribution is -0.121. The average molecular weight is 240 g/mol. The summed E-state index contributed by atoms with van der Waals surface area (Å²) >= 11 is 0. The Hall–Kier alpha value is -0.870. The molecule has 4 nitrogen and oxygen atoms in total. The van der Waals surface area contributed by atoms with Gasteiger partial charge in [0, 0.05) is 13.7 Å². The molecule has 0 aromatic heterocycles. The molecule has 17 heavy (non-hydrogen) atoms. The van der Waals surface area contributed by atoms with Crippen molar-refractivity contribution in [1.82, 2.24) is 5.32 Å². The molecule has 4 heteroatoms. The van der Waals surface area contributed by atoms with Gasteiger partial charge < -0.3 is 15.8 Å². The van der Waals surface area contributed by atoms with E-state index in [-0.39, 0.29) is 11.9 Å². The summed E-state index contributed by atoms with van der Waals surface area (Å²) in [5.74, 6) is 0.581. The van der Waals surface area contributed by atoms with E-state index < -0.39 is 0 Å². The van der Waals surface area contributed by atoms with Crippen LogP contribution in [0, 0.1) is 11.8 Å². The molecule has 0 saturated carbocycles. The molecule has 0 fully saturated rings. The SMILES string of the molecule is COCCNC(C(N)=O)C1CC(C)=CC(C)C1. The second kappa shape index (κ2) is 6.77. The van der Waals surface area contributed by atoms with E-state index in [0.717, 1.165) is 12.8 Å². The molecular formula is C13H24N2O2. The molecule has 0 aromatic carbocycles. The summed E-state index contributed by atoms with van der Waals surface area (Å²) in [6.45, 7) is 5.57. The summed E-state index contributed by atoms with van der Waals surface area (Å²) in [6, 6.07) is -0.240. The lowest BCUT2D eigenvalue weighted by atomic mass is 9.79. The van der Waals surface area contributed by atoms with Gasteiger partial charge >= 0.3 is 0 Å². The number of carbonyl (C=O) groups excluding carboxylic acids is 1. The van der Waals surface area contributed by atoms with Gasteiger partial charge in [-0.2, -0.15) is 0 Å². The zero-order valence-electron chi connectivity index (χ0n) is 11.0. The Labute approximate surface area is 104 Å². The van der Waals surface area contributed by atoms with Crippen LogP contribution in [0.2, 0.25) is 0 Å². The van der Waals surface area contributed by atoms with Crippen molar-refractivity contribution < 1.29 is 9.53 Å². The van der Waals surface area contributed by atoms with Gasteiger partial charge in [0.25, 0.3) is 0 Å². The average Bonchev–Trinajstić information content (AvgIpc) is 2.22. The summed E-state index contributed by atoms with van der Waals surface area (Å²) < 4.78 is 4.98. The first-order valence-electron chi connectivity index (χ1n) is 6.23. The normalized spacial score (nSPS) is 26.4. The van der Waals surface area contributed by atoms with Crippen LogP contribution in [0.4, 0.5) is 0 Å². The molecule has 1 aliphatic carbocycles. The van der Waals surface area contributed by atoms with Gasteiger partial charge in [0.1, 0.15) is 0 Å². The maximum absolute atomic E-state index is 11.5. The highest BCUT2D eigenvalue weighted by Gasteiger charge is 2.29. The van der Waals surface area contributed by atoms with Crippen LogP contribution in [0.3, 0.4) is 0 Å². The van der Waals surface area contributed by atoms with Crippen LogP contribution in [-0.2, 0) is 9.53 Å². The van der Waals surface area contributed by atoms with E-state index in [2.05, 4.69) is 25.2 Å². The van der Waals surface area contributed by atoms with Crippen molar-refractivity contribution in [3.8, 4) is 0 Å². The molecular weight excluding hydrogens is 216 g/mol. The third-order valence-corrected chi connectivity index (χ3v) is 3.28. The van der Waals surface area contributed by atoms with Gasteiger partial charge in [-0.3, -0.25) is 4.79 Å². The zero-order chi connectivity index (χ0) is 12.8. The van der Waals surface area contributed by atoms with Crippen molar-refractivity contribution in [2.45, 2.75) is 32.7 Å². The molecule has 98 valence electrons. The molecule has 3 atom stereocenters. The fourth-order valence-corrected chi connectivity index (χ4v) is 2.67. The Balaban J connectivity index is 2.58. The summed E-state index contributed by atoms with van der Waals surface area (Å²) in [6.07, 6.45) is 4.26. The standard InChI is InChI=1S/C13H24N2O2/c1-9-6-10(2)8-11(7-9)12(13(14)16)15-4-5-17-3/h6,9,11-12,15H,4-5,7-8H2,1-3H3,(H2,14,16). The van der Waals surface area contributed by atoms with Crippen LogP contribution in [-0.4, -0.2) is 32.2 Å². The van der Waals surface area contributed by atoms with E-state index in [0.29, 0.717) is 25.0 Å². The van der Waals surface area contributed by atoms with Crippen LogP contribution in [0.5, 0.6) is 0 Å². The Bertz CT molecular complexity index is 289. The van der Waals surface area contributed by atoms with Crippen molar-refractivity contribution in [3.05, 3.63) is 11.6 Å². The van der Waals surface area contributed by atoms with Crippen LogP contribution < -0.4 is 11.1 Å². The van der Waals surface area contributed by atoms with Crippen LogP contribution in [0.25, 0.3) is 0 Å². The van der Waals surface area contributed by atoms with Crippen molar-refractivity contribution in [2.75, 3.05) is 20.3 Å². The molecule has 0 radical (unpaired) electrons. The number of hydrogen-bond acceptors (Lipinski definition) is 3. The van der Waals surface area contributed by atoms with E-state index in [1.807, 2.05) is 0 Å². The highest BCUT2D eigenvalue weighted by atomic mass is 16.5. The quantitative estimate of drug-likeness (QED) is 0.539. The Morgan fingerprint density at radius 1 is 1.71 bits per heavy atom. The summed E-state index contributed by atoms with van der Waals surface area (Å²) in [7, 11) is 1.65. The lowest BCUT2D eigenvalue weighted by Crippen LogP contribution is -2.48. The van der Waals surface area contributed by atoms with Gasteiger partial charge in [0.15, 0.2) is 0 Å². The third kappa shape index (κ3) is 4.48. The fraction of sp³-hybridized carbons (Fsp3) is 0.769. The molecule has 1 rings (SSSR count). The summed E-state index contributed by atoms with van der Waals surface area (Å²) in [4.78, 5) is 11.5. The molecule has 0 aliphatic heterocycles. The molecule has 0 saturated heterocycles. The number of nitrogens with two attached hydrogens (primary N) is 1. The minimum absolute atomic E-state index is 0.240. The third-order valence-electron chi connectivity index (χ3n) is 3.28. The zero-order valence-corrected chi connectivity index (χ0v) is 11.0. The van der Waals surface area contributed by atoms with Crippen molar-refractivity contribution in [1.29, 1.82) is 0 Å². The molecule has 3 N–H and O–H groups in total. The van der Waals surface area contributed by atoms with Gasteiger partial charge in [-0.1, -0.05) is 18.6 Å². The van der Waals surface area contributed by atoms with E-state index in [4.69, 9.17) is 10.5 Å². The van der Waals surface area contributed by atoms with E-state index >= 15 is 0 Å². The number of nitrogens with one attached hydrogen (secondary N) is 1. The summed E-state index contributed by atoms with van der Waals surface area (Å²) in [5, 5.41) is 3.20.